The lowest BCUT2D eigenvalue weighted by molar-refractivity contribution is -0.119. The van der Waals surface area contributed by atoms with Crippen LogP contribution in [0.4, 0.5) is 5.69 Å². The van der Waals surface area contributed by atoms with Crippen LogP contribution in [-0.2, 0) is 11.4 Å². The SMILES string of the molecule is O=C(Nc1ccc(CO)cc1)C1CCCC1. The van der Waals surface area contributed by atoms with E-state index in [0.29, 0.717) is 0 Å². The van der Waals surface area contributed by atoms with Crippen molar-refractivity contribution in [1.29, 1.82) is 0 Å². The van der Waals surface area contributed by atoms with Crippen molar-refractivity contribution in [2.24, 2.45) is 5.92 Å². The molecule has 0 saturated heterocycles. The number of anilines is 1. The Labute approximate surface area is 95.5 Å². The van der Waals surface area contributed by atoms with E-state index < -0.39 is 0 Å². The second-order valence-electron chi connectivity index (χ2n) is 4.33. The molecular weight excluding hydrogens is 202 g/mol. The molecule has 0 unspecified atom stereocenters. The monoisotopic (exact) mass is 219 g/mol. The Kier molecular flexibility index (Phi) is 3.57. The number of hydrogen-bond acceptors (Lipinski definition) is 2. The van der Waals surface area contributed by atoms with Crippen molar-refractivity contribution in [3.63, 3.8) is 0 Å². The zero-order chi connectivity index (χ0) is 11.4. The lowest BCUT2D eigenvalue weighted by Gasteiger charge is -2.10. The van der Waals surface area contributed by atoms with E-state index in [2.05, 4.69) is 5.32 Å². The van der Waals surface area contributed by atoms with Gasteiger partial charge in [-0.25, -0.2) is 0 Å². The molecule has 3 heteroatoms. The van der Waals surface area contributed by atoms with Gasteiger partial charge in [0.2, 0.25) is 5.91 Å². The van der Waals surface area contributed by atoms with Crippen LogP contribution < -0.4 is 5.32 Å². The van der Waals surface area contributed by atoms with Gasteiger partial charge in [-0.1, -0.05) is 25.0 Å². The van der Waals surface area contributed by atoms with E-state index in [1.54, 1.807) is 0 Å². The van der Waals surface area contributed by atoms with Crippen LogP contribution in [-0.4, -0.2) is 11.0 Å². The highest BCUT2D eigenvalue weighted by Gasteiger charge is 2.22. The van der Waals surface area contributed by atoms with Crippen molar-refractivity contribution in [1.82, 2.24) is 0 Å². The first-order valence-electron chi connectivity index (χ1n) is 5.80. The first kappa shape index (κ1) is 11.1. The molecule has 0 atom stereocenters. The second kappa shape index (κ2) is 5.12. The Balaban J connectivity index is 1.94. The van der Waals surface area contributed by atoms with Gasteiger partial charge in [-0.05, 0) is 30.5 Å². The first-order valence-corrected chi connectivity index (χ1v) is 5.80. The van der Waals surface area contributed by atoms with E-state index in [-0.39, 0.29) is 18.4 Å². The highest BCUT2D eigenvalue weighted by atomic mass is 16.3. The minimum atomic E-state index is 0.0385. The number of aliphatic hydroxyl groups is 1. The lowest BCUT2D eigenvalue weighted by atomic mass is 10.1. The van der Waals surface area contributed by atoms with Gasteiger partial charge in [-0.15, -0.1) is 0 Å². The molecule has 2 rings (SSSR count). The molecule has 0 radical (unpaired) electrons. The van der Waals surface area contributed by atoms with Gasteiger partial charge in [0, 0.05) is 11.6 Å². The van der Waals surface area contributed by atoms with E-state index in [1.165, 1.54) is 12.8 Å². The highest BCUT2D eigenvalue weighted by molar-refractivity contribution is 5.92. The maximum absolute atomic E-state index is 11.8. The average Bonchev–Trinajstić information content (AvgIpc) is 2.83. The van der Waals surface area contributed by atoms with Crippen LogP contribution in [0.3, 0.4) is 0 Å². The average molecular weight is 219 g/mol. The molecule has 0 heterocycles. The molecular formula is C13H17NO2. The number of benzene rings is 1. The Morgan fingerprint density at radius 2 is 1.88 bits per heavy atom. The van der Waals surface area contributed by atoms with Crippen molar-refractivity contribution in [2.45, 2.75) is 32.3 Å². The molecule has 1 amide bonds. The molecule has 16 heavy (non-hydrogen) atoms. The smallest absolute Gasteiger partial charge is 0.227 e. The molecule has 0 bridgehead atoms. The van der Waals surface area contributed by atoms with Crippen molar-refractivity contribution in [3.8, 4) is 0 Å². The Morgan fingerprint density at radius 1 is 1.25 bits per heavy atom. The van der Waals surface area contributed by atoms with E-state index in [0.717, 1.165) is 24.1 Å². The van der Waals surface area contributed by atoms with Crippen molar-refractivity contribution in [2.75, 3.05) is 5.32 Å². The standard InChI is InChI=1S/C13H17NO2/c15-9-10-5-7-12(8-6-10)14-13(16)11-3-1-2-4-11/h5-8,11,15H,1-4,9H2,(H,14,16). The molecule has 1 aliphatic carbocycles. The zero-order valence-electron chi connectivity index (χ0n) is 9.28. The van der Waals surface area contributed by atoms with Gasteiger partial charge >= 0.3 is 0 Å². The number of aliphatic hydroxyl groups excluding tert-OH is 1. The summed E-state index contributed by atoms with van der Waals surface area (Å²) in [6.45, 7) is 0.0385. The van der Waals surface area contributed by atoms with Crippen LogP contribution in [0.2, 0.25) is 0 Å². The van der Waals surface area contributed by atoms with Crippen LogP contribution in [0, 0.1) is 5.92 Å². The van der Waals surface area contributed by atoms with Crippen LogP contribution >= 0.6 is 0 Å². The lowest BCUT2D eigenvalue weighted by Crippen LogP contribution is -2.20. The largest absolute Gasteiger partial charge is 0.392 e. The van der Waals surface area contributed by atoms with Crippen molar-refractivity contribution >= 4 is 11.6 Å². The normalized spacial score (nSPS) is 16.3. The number of nitrogens with one attached hydrogen (secondary N) is 1. The minimum Gasteiger partial charge on any atom is -0.392 e. The summed E-state index contributed by atoms with van der Waals surface area (Å²) in [5.41, 5.74) is 1.67. The van der Waals surface area contributed by atoms with Gasteiger partial charge in [-0.3, -0.25) is 4.79 Å². The zero-order valence-corrected chi connectivity index (χ0v) is 9.28. The topological polar surface area (TPSA) is 49.3 Å². The molecule has 1 aliphatic rings. The number of carbonyl (C=O) groups excluding carboxylic acids is 1. The molecule has 0 aliphatic heterocycles. The van der Waals surface area contributed by atoms with E-state index in [4.69, 9.17) is 5.11 Å². The van der Waals surface area contributed by atoms with Crippen molar-refractivity contribution < 1.29 is 9.90 Å². The van der Waals surface area contributed by atoms with Gasteiger partial charge in [0.05, 0.1) is 6.61 Å². The van der Waals surface area contributed by atoms with E-state index >= 15 is 0 Å². The quantitative estimate of drug-likeness (QED) is 0.819. The third-order valence-corrected chi connectivity index (χ3v) is 3.13. The predicted molar refractivity (Wildman–Crippen MR) is 63.0 cm³/mol. The van der Waals surface area contributed by atoms with Crippen LogP contribution in [0.15, 0.2) is 24.3 Å². The molecule has 1 saturated carbocycles. The summed E-state index contributed by atoms with van der Waals surface area (Å²) in [6, 6.07) is 7.31. The Morgan fingerprint density at radius 3 is 2.44 bits per heavy atom. The Bertz CT molecular complexity index is 353. The summed E-state index contributed by atoms with van der Waals surface area (Å²) in [6.07, 6.45) is 4.37. The summed E-state index contributed by atoms with van der Waals surface area (Å²) in [5, 5.41) is 11.8. The third kappa shape index (κ3) is 2.61. The molecule has 1 aromatic rings. The maximum Gasteiger partial charge on any atom is 0.227 e. The van der Waals surface area contributed by atoms with Crippen LogP contribution in [0.1, 0.15) is 31.2 Å². The number of rotatable bonds is 3. The fraction of sp³-hybridized carbons (Fsp3) is 0.462. The van der Waals surface area contributed by atoms with Gasteiger partial charge in [0.1, 0.15) is 0 Å². The predicted octanol–water partition coefficient (Wildman–Crippen LogP) is 2.31. The van der Waals surface area contributed by atoms with E-state index in [9.17, 15) is 4.79 Å². The van der Waals surface area contributed by atoms with Gasteiger partial charge in [0.15, 0.2) is 0 Å². The van der Waals surface area contributed by atoms with Crippen LogP contribution in [0.5, 0.6) is 0 Å². The summed E-state index contributed by atoms with van der Waals surface area (Å²) in [7, 11) is 0. The molecule has 0 aromatic heterocycles. The summed E-state index contributed by atoms with van der Waals surface area (Å²) >= 11 is 0. The molecule has 2 N–H and O–H groups in total. The highest BCUT2D eigenvalue weighted by Crippen LogP contribution is 2.26. The molecule has 0 spiro atoms. The van der Waals surface area contributed by atoms with Gasteiger partial charge < -0.3 is 10.4 Å². The summed E-state index contributed by atoms with van der Waals surface area (Å²) < 4.78 is 0. The molecule has 1 fully saturated rings. The number of carbonyl (C=O) groups is 1. The van der Waals surface area contributed by atoms with Gasteiger partial charge in [-0.2, -0.15) is 0 Å². The molecule has 3 nitrogen and oxygen atoms in total. The Hall–Kier alpha value is -1.35. The van der Waals surface area contributed by atoms with Crippen LogP contribution in [0.25, 0.3) is 0 Å². The minimum absolute atomic E-state index is 0.0385. The molecule has 86 valence electrons. The maximum atomic E-state index is 11.8. The van der Waals surface area contributed by atoms with Gasteiger partial charge in [0.25, 0.3) is 0 Å². The fourth-order valence-corrected chi connectivity index (χ4v) is 2.13. The summed E-state index contributed by atoms with van der Waals surface area (Å²) in [4.78, 5) is 11.8. The third-order valence-electron chi connectivity index (χ3n) is 3.13. The second-order valence-corrected chi connectivity index (χ2v) is 4.33. The number of amides is 1. The molecule has 1 aromatic carbocycles. The van der Waals surface area contributed by atoms with E-state index in [1.807, 2.05) is 24.3 Å². The summed E-state index contributed by atoms with van der Waals surface area (Å²) in [5.74, 6) is 0.326. The fourth-order valence-electron chi connectivity index (χ4n) is 2.13. The van der Waals surface area contributed by atoms with Crippen molar-refractivity contribution in [3.05, 3.63) is 29.8 Å². The number of hydrogen-bond donors (Lipinski definition) is 2. The first-order chi connectivity index (χ1) is 7.79.